The lowest BCUT2D eigenvalue weighted by Crippen LogP contribution is -2.46. The van der Waals surface area contributed by atoms with Crippen LogP contribution in [0.2, 0.25) is 0 Å². The number of ketones is 1. The predicted molar refractivity (Wildman–Crippen MR) is 186 cm³/mol. The minimum Gasteiger partial charge on any atom is -0.378 e. The molecule has 1 saturated heterocycles. The van der Waals surface area contributed by atoms with Gasteiger partial charge in [0.05, 0.1) is 24.5 Å². The number of fused-ring (bicyclic) bond motifs is 1. The van der Waals surface area contributed by atoms with Gasteiger partial charge in [0.1, 0.15) is 12.6 Å². The number of hydrogen-bond acceptors (Lipinski definition) is 6. The second kappa shape index (κ2) is 14.2. The zero-order valence-corrected chi connectivity index (χ0v) is 27.5. The minimum atomic E-state index is -1.04. The molecule has 0 saturated carbocycles. The van der Waals surface area contributed by atoms with Crippen molar-refractivity contribution in [3.8, 4) is 0 Å². The average molecular weight is 645 g/mol. The first-order valence-electron chi connectivity index (χ1n) is 16.3. The zero-order valence-electron chi connectivity index (χ0n) is 27.5. The van der Waals surface area contributed by atoms with E-state index < -0.39 is 36.1 Å². The number of anilines is 3. The third-order valence-corrected chi connectivity index (χ3v) is 9.08. The summed E-state index contributed by atoms with van der Waals surface area (Å²) in [6.07, 6.45) is 0. The van der Waals surface area contributed by atoms with Gasteiger partial charge in [-0.15, -0.1) is 0 Å². The Bertz CT molecular complexity index is 1810. The van der Waals surface area contributed by atoms with Crippen molar-refractivity contribution in [1.29, 1.82) is 0 Å². The number of rotatable bonds is 10. The van der Waals surface area contributed by atoms with Crippen LogP contribution in [0.1, 0.15) is 58.4 Å². The topological polar surface area (TPSA) is 99.3 Å². The molecule has 0 aliphatic carbocycles. The van der Waals surface area contributed by atoms with Crippen molar-refractivity contribution in [2.75, 3.05) is 48.0 Å². The van der Waals surface area contributed by atoms with Crippen molar-refractivity contribution in [1.82, 2.24) is 4.90 Å². The van der Waals surface area contributed by atoms with Crippen LogP contribution < -0.4 is 15.1 Å². The largest absolute Gasteiger partial charge is 0.378 e. The van der Waals surface area contributed by atoms with E-state index in [4.69, 9.17) is 4.74 Å². The van der Waals surface area contributed by atoms with E-state index >= 15 is 0 Å². The number of morpholine rings is 1. The molecule has 6 rings (SSSR count). The van der Waals surface area contributed by atoms with Crippen LogP contribution in [-0.2, 0) is 25.7 Å². The molecular formula is C39H40N4O5. The maximum Gasteiger partial charge on any atom is 0.299 e. The van der Waals surface area contributed by atoms with Crippen molar-refractivity contribution in [3.63, 3.8) is 0 Å². The molecule has 1 N–H and O–H groups in total. The molecule has 2 heterocycles. The van der Waals surface area contributed by atoms with Crippen LogP contribution in [0.3, 0.4) is 0 Å². The summed E-state index contributed by atoms with van der Waals surface area (Å²) in [4.78, 5) is 59.7. The van der Waals surface area contributed by atoms with Crippen molar-refractivity contribution in [3.05, 3.63) is 125 Å². The van der Waals surface area contributed by atoms with Gasteiger partial charge in [0.15, 0.2) is 0 Å². The highest BCUT2D eigenvalue weighted by Crippen LogP contribution is 2.32. The first-order valence-corrected chi connectivity index (χ1v) is 16.3. The number of ether oxygens (including phenoxy) is 1. The van der Waals surface area contributed by atoms with E-state index in [1.165, 1.54) is 9.80 Å². The number of aryl methyl sites for hydroxylation is 1. The lowest BCUT2D eigenvalue weighted by Gasteiger charge is -2.33. The smallest absolute Gasteiger partial charge is 0.299 e. The van der Waals surface area contributed by atoms with Crippen LogP contribution >= 0.6 is 0 Å². The summed E-state index contributed by atoms with van der Waals surface area (Å²) < 4.78 is 5.48. The maximum absolute atomic E-state index is 14.5. The number of nitrogens with one attached hydrogen (secondary N) is 1. The number of nitrogens with zero attached hydrogens (tertiary/aromatic N) is 3. The molecule has 9 nitrogen and oxygen atoms in total. The number of hydrogen-bond donors (Lipinski definition) is 1. The Morgan fingerprint density at radius 1 is 0.833 bits per heavy atom. The van der Waals surface area contributed by atoms with Crippen LogP contribution in [0.15, 0.2) is 97.1 Å². The first kappa shape index (κ1) is 32.7. The first-order chi connectivity index (χ1) is 23.2. The molecule has 2 aliphatic rings. The fourth-order valence-corrected chi connectivity index (χ4v) is 6.25. The number of carbonyl (C=O) groups excluding carboxylic acids is 4. The van der Waals surface area contributed by atoms with Gasteiger partial charge in [0.2, 0.25) is 5.91 Å². The zero-order chi connectivity index (χ0) is 33.8. The van der Waals surface area contributed by atoms with Gasteiger partial charge in [-0.1, -0.05) is 74.5 Å². The van der Waals surface area contributed by atoms with E-state index in [2.05, 4.69) is 24.1 Å². The quantitative estimate of drug-likeness (QED) is 0.216. The van der Waals surface area contributed by atoms with E-state index in [0.29, 0.717) is 30.2 Å². The summed E-state index contributed by atoms with van der Waals surface area (Å²) in [5, 5.41) is 3.06. The number of amides is 3. The van der Waals surface area contributed by atoms with Crippen molar-refractivity contribution in [2.24, 2.45) is 0 Å². The van der Waals surface area contributed by atoms with Gasteiger partial charge in [0, 0.05) is 31.0 Å². The molecule has 2 aliphatic heterocycles. The standard InChI is InChI=1S/C39H40N4O5/c1-26(2)28-12-14-29(15-13-28)36(38(46)40-31-16-18-32(19-17-31)41-20-22-48-23-21-41)43(24-30-9-5-4-8-27(30)3)35(44)25-42-34-11-7-6-10-33(34)37(45)39(42)47/h4-19,26,36H,20-25H2,1-3H3,(H,40,46). The van der Waals surface area contributed by atoms with Crippen molar-refractivity contribution in [2.45, 2.75) is 39.3 Å². The van der Waals surface area contributed by atoms with E-state index in [1.54, 1.807) is 24.3 Å². The Labute approximate surface area is 281 Å². The summed E-state index contributed by atoms with van der Waals surface area (Å²) in [6.45, 7) is 8.81. The summed E-state index contributed by atoms with van der Waals surface area (Å²) in [6, 6.07) is 28.7. The van der Waals surface area contributed by atoms with Crippen molar-refractivity contribution < 1.29 is 23.9 Å². The number of Topliss-reactive ketones (excluding diaryl/α,β-unsaturated/α-hetero) is 1. The van der Waals surface area contributed by atoms with E-state index in [1.807, 2.05) is 79.7 Å². The summed E-state index contributed by atoms with van der Waals surface area (Å²) >= 11 is 0. The normalized spacial score (nSPS) is 15.0. The fourth-order valence-electron chi connectivity index (χ4n) is 6.25. The molecule has 9 heteroatoms. The Balaban J connectivity index is 1.36. The molecule has 1 fully saturated rings. The van der Waals surface area contributed by atoms with Gasteiger partial charge in [-0.3, -0.25) is 24.1 Å². The summed E-state index contributed by atoms with van der Waals surface area (Å²) in [5.74, 6) is -1.99. The van der Waals surface area contributed by atoms with Crippen LogP contribution in [0, 0.1) is 6.92 Å². The Kier molecular flexibility index (Phi) is 9.68. The third-order valence-electron chi connectivity index (χ3n) is 9.08. The molecule has 0 spiro atoms. The molecule has 48 heavy (non-hydrogen) atoms. The van der Waals surface area contributed by atoms with Gasteiger partial charge in [-0.25, -0.2) is 0 Å². The van der Waals surface area contributed by atoms with Crippen LogP contribution in [0.25, 0.3) is 0 Å². The number of para-hydroxylation sites is 1. The SMILES string of the molecule is Cc1ccccc1CN(C(=O)CN1C(=O)C(=O)c2ccccc21)C(C(=O)Nc1ccc(N2CCOCC2)cc1)c1ccc(C(C)C)cc1. The van der Waals surface area contributed by atoms with E-state index in [0.717, 1.165) is 35.5 Å². The third kappa shape index (κ3) is 6.87. The Hall–Kier alpha value is -5.28. The maximum atomic E-state index is 14.5. The molecule has 3 amide bonds. The molecule has 4 aromatic carbocycles. The summed E-state index contributed by atoms with van der Waals surface area (Å²) in [7, 11) is 0. The minimum absolute atomic E-state index is 0.114. The molecule has 0 aromatic heterocycles. The lowest BCUT2D eigenvalue weighted by molar-refractivity contribution is -0.139. The molecule has 246 valence electrons. The van der Waals surface area contributed by atoms with Crippen LogP contribution in [-0.4, -0.2) is 61.3 Å². The molecule has 4 aromatic rings. The number of carbonyl (C=O) groups is 4. The predicted octanol–water partition coefficient (Wildman–Crippen LogP) is 5.89. The van der Waals surface area contributed by atoms with Gasteiger partial charge in [-0.2, -0.15) is 0 Å². The van der Waals surface area contributed by atoms with Gasteiger partial charge in [0.25, 0.3) is 17.6 Å². The molecule has 1 unspecified atom stereocenters. The molecular weight excluding hydrogens is 604 g/mol. The van der Waals surface area contributed by atoms with Crippen LogP contribution in [0.4, 0.5) is 17.1 Å². The average Bonchev–Trinajstić information content (AvgIpc) is 3.34. The van der Waals surface area contributed by atoms with Gasteiger partial charge < -0.3 is 19.9 Å². The van der Waals surface area contributed by atoms with Gasteiger partial charge in [-0.05, 0) is 71.5 Å². The molecule has 0 radical (unpaired) electrons. The number of benzene rings is 4. The highest BCUT2D eigenvalue weighted by molar-refractivity contribution is 6.52. The molecule has 1 atom stereocenters. The van der Waals surface area contributed by atoms with Crippen molar-refractivity contribution >= 4 is 40.6 Å². The summed E-state index contributed by atoms with van der Waals surface area (Å²) in [5.41, 5.74) is 5.85. The highest BCUT2D eigenvalue weighted by atomic mass is 16.5. The van der Waals surface area contributed by atoms with E-state index in [-0.39, 0.29) is 18.0 Å². The lowest BCUT2D eigenvalue weighted by atomic mass is 9.97. The second-order valence-corrected chi connectivity index (χ2v) is 12.5. The highest BCUT2D eigenvalue weighted by Gasteiger charge is 2.39. The Morgan fingerprint density at radius 2 is 1.48 bits per heavy atom. The van der Waals surface area contributed by atoms with E-state index in [9.17, 15) is 19.2 Å². The van der Waals surface area contributed by atoms with Crippen LogP contribution in [0.5, 0.6) is 0 Å². The molecule has 0 bridgehead atoms. The van der Waals surface area contributed by atoms with Gasteiger partial charge >= 0.3 is 0 Å². The second-order valence-electron chi connectivity index (χ2n) is 12.5. The fraction of sp³-hybridized carbons (Fsp3) is 0.282. The Morgan fingerprint density at radius 3 is 2.17 bits per heavy atom. The monoisotopic (exact) mass is 644 g/mol.